The van der Waals surface area contributed by atoms with Gasteiger partial charge in [-0.25, -0.2) is 14.2 Å². The Hall–Kier alpha value is -3.65. The number of rotatable bonds is 4. The maximum absolute atomic E-state index is 12.3. The van der Waals surface area contributed by atoms with Crippen LogP contribution in [-0.2, 0) is 0 Å². The number of benzene rings is 1. The fourth-order valence-electron chi connectivity index (χ4n) is 6.33. The van der Waals surface area contributed by atoms with E-state index in [-0.39, 0.29) is 16.9 Å². The molecule has 1 aromatic carbocycles. The summed E-state index contributed by atoms with van der Waals surface area (Å²) in [6, 6.07) is 6.48. The SMILES string of the molecule is C[Si]1(C)C2=CC(=[N+]3CCCC3)C=CC2=C(c2occ(C(=O)O)c2C(=O)O)c2ccc(N3CCCC3)cc21. The number of allylic oxidation sites excluding steroid dienone is 5. The van der Waals surface area contributed by atoms with Gasteiger partial charge < -0.3 is 19.5 Å². The summed E-state index contributed by atoms with van der Waals surface area (Å²) < 4.78 is 8.21. The van der Waals surface area contributed by atoms with Gasteiger partial charge >= 0.3 is 11.9 Å². The third kappa shape index (κ3) is 3.73. The van der Waals surface area contributed by atoms with Crippen LogP contribution in [0.3, 0.4) is 0 Å². The molecule has 37 heavy (non-hydrogen) atoms. The van der Waals surface area contributed by atoms with Crippen molar-refractivity contribution in [3.8, 4) is 0 Å². The number of carboxylic acid groups (broad SMARTS) is 2. The second-order valence-corrected chi connectivity index (χ2v) is 15.1. The Kier molecular flexibility index (Phi) is 5.60. The predicted molar refractivity (Wildman–Crippen MR) is 145 cm³/mol. The fraction of sp³-hybridized carbons (Fsp3) is 0.345. The van der Waals surface area contributed by atoms with Crippen molar-refractivity contribution in [2.75, 3.05) is 31.1 Å². The minimum atomic E-state index is -2.21. The molecule has 0 unspecified atom stereocenters. The summed E-state index contributed by atoms with van der Waals surface area (Å²) in [5, 5.41) is 22.2. The van der Waals surface area contributed by atoms with Gasteiger partial charge in [0.25, 0.3) is 0 Å². The van der Waals surface area contributed by atoms with Gasteiger partial charge in [0.15, 0.2) is 11.5 Å². The number of nitrogens with zero attached hydrogens (tertiary/aromatic N) is 2. The second-order valence-electron chi connectivity index (χ2n) is 10.8. The van der Waals surface area contributed by atoms with E-state index < -0.39 is 20.0 Å². The quantitative estimate of drug-likeness (QED) is 0.466. The molecule has 4 aliphatic rings. The Labute approximate surface area is 216 Å². The Morgan fingerprint density at radius 3 is 2.41 bits per heavy atom. The number of anilines is 1. The number of carbonyl (C=O) groups is 2. The highest BCUT2D eigenvalue weighted by molar-refractivity contribution is 6.98. The van der Waals surface area contributed by atoms with Crippen molar-refractivity contribution >= 4 is 42.2 Å². The van der Waals surface area contributed by atoms with Crippen molar-refractivity contribution in [1.82, 2.24) is 0 Å². The normalized spacial score (nSPS) is 20.3. The molecule has 2 aromatic rings. The molecule has 3 aliphatic heterocycles. The Balaban J connectivity index is 1.64. The molecule has 0 bridgehead atoms. The molecule has 2 saturated heterocycles. The highest BCUT2D eigenvalue weighted by Crippen LogP contribution is 2.43. The van der Waals surface area contributed by atoms with Crippen LogP contribution < -0.4 is 10.1 Å². The molecule has 1 aromatic heterocycles. The molecule has 2 fully saturated rings. The van der Waals surface area contributed by atoms with Gasteiger partial charge in [-0.15, -0.1) is 0 Å². The zero-order valence-electron chi connectivity index (χ0n) is 21.2. The van der Waals surface area contributed by atoms with E-state index in [0.717, 1.165) is 43.6 Å². The van der Waals surface area contributed by atoms with Gasteiger partial charge in [-0.2, -0.15) is 0 Å². The molecule has 4 heterocycles. The number of furan rings is 1. The molecule has 2 N–H and O–H groups in total. The van der Waals surface area contributed by atoms with E-state index in [1.54, 1.807) is 0 Å². The number of hydrogen-bond donors (Lipinski definition) is 2. The predicted octanol–water partition coefficient (Wildman–Crippen LogP) is 4.29. The highest BCUT2D eigenvalue weighted by Gasteiger charge is 2.43. The molecular weight excluding hydrogens is 484 g/mol. The van der Waals surface area contributed by atoms with Gasteiger partial charge in [0, 0.05) is 49.3 Å². The van der Waals surface area contributed by atoms with Crippen LogP contribution in [0.2, 0.25) is 13.1 Å². The standard InChI is InChI=1S/C29H30N2O5Si/c1-37(2)23-15-18(30-11-3-4-12-30)7-9-20(23)25(27-26(29(34)35)22(17-36-27)28(32)33)21-10-8-19(16-24(21)37)31-13-5-6-14-31/h7-10,15-17H,3-6,11-14H2,1-2H3,(H-,32,33,34,35)/p+1. The van der Waals surface area contributed by atoms with Gasteiger partial charge in [0.2, 0.25) is 0 Å². The van der Waals surface area contributed by atoms with E-state index in [1.807, 2.05) is 0 Å². The molecule has 6 rings (SSSR count). The Bertz CT molecular complexity index is 1460. The third-order valence-corrected chi connectivity index (χ3v) is 11.8. The van der Waals surface area contributed by atoms with E-state index in [4.69, 9.17) is 4.42 Å². The van der Waals surface area contributed by atoms with Crippen LogP contribution in [0, 0.1) is 0 Å². The van der Waals surface area contributed by atoms with Crippen molar-refractivity contribution in [2.24, 2.45) is 0 Å². The van der Waals surface area contributed by atoms with Gasteiger partial charge in [0.05, 0.1) is 0 Å². The van der Waals surface area contributed by atoms with Crippen LogP contribution in [0.25, 0.3) is 5.57 Å². The lowest BCUT2D eigenvalue weighted by atomic mass is 9.90. The number of aromatic carboxylic acids is 2. The summed E-state index contributed by atoms with van der Waals surface area (Å²) in [5.74, 6) is -2.51. The highest BCUT2D eigenvalue weighted by atomic mass is 28.3. The third-order valence-electron chi connectivity index (χ3n) is 8.30. The molecular formula is C29H31N2O5Si+. The van der Waals surface area contributed by atoms with Crippen LogP contribution in [0.1, 0.15) is 57.7 Å². The average Bonchev–Trinajstić information content (AvgIpc) is 3.66. The summed E-state index contributed by atoms with van der Waals surface area (Å²) in [4.78, 5) is 26.6. The van der Waals surface area contributed by atoms with Crippen molar-refractivity contribution < 1.29 is 28.8 Å². The fourth-order valence-corrected chi connectivity index (χ4v) is 9.40. The van der Waals surface area contributed by atoms with Crippen LogP contribution >= 0.6 is 0 Å². The molecule has 0 amide bonds. The van der Waals surface area contributed by atoms with E-state index in [1.165, 1.54) is 47.5 Å². The first-order chi connectivity index (χ1) is 17.8. The van der Waals surface area contributed by atoms with E-state index in [2.05, 4.69) is 59.0 Å². The summed E-state index contributed by atoms with van der Waals surface area (Å²) in [6.45, 7) is 8.86. The topological polar surface area (TPSA) is 94.0 Å². The molecule has 0 atom stereocenters. The summed E-state index contributed by atoms with van der Waals surface area (Å²) in [5.41, 5.74) is 4.31. The van der Waals surface area contributed by atoms with Gasteiger partial charge in [-0.05, 0) is 52.6 Å². The monoisotopic (exact) mass is 515 g/mol. The average molecular weight is 516 g/mol. The minimum Gasteiger partial charge on any atom is -0.478 e. The van der Waals surface area contributed by atoms with Crippen molar-refractivity contribution in [3.05, 3.63) is 75.9 Å². The minimum absolute atomic E-state index is 0.111. The Morgan fingerprint density at radius 2 is 1.73 bits per heavy atom. The number of carboxylic acids is 2. The van der Waals surface area contributed by atoms with Crippen molar-refractivity contribution in [3.63, 3.8) is 0 Å². The molecule has 1 aliphatic carbocycles. The summed E-state index contributed by atoms with van der Waals surface area (Å²) >= 11 is 0. The van der Waals surface area contributed by atoms with E-state index in [0.29, 0.717) is 5.57 Å². The largest absolute Gasteiger partial charge is 0.478 e. The zero-order chi connectivity index (χ0) is 25.9. The lowest BCUT2D eigenvalue weighted by Crippen LogP contribution is -2.50. The summed E-state index contributed by atoms with van der Waals surface area (Å²) in [7, 11) is -2.21. The van der Waals surface area contributed by atoms with Gasteiger partial charge in [-0.3, -0.25) is 0 Å². The van der Waals surface area contributed by atoms with Crippen LogP contribution in [0.15, 0.2) is 57.9 Å². The lowest BCUT2D eigenvalue weighted by Gasteiger charge is -2.37. The first kappa shape index (κ1) is 23.7. The van der Waals surface area contributed by atoms with Crippen molar-refractivity contribution in [2.45, 2.75) is 38.8 Å². The summed E-state index contributed by atoms with van der Waals surface area (Å²) in [6.07, 6.45) is 12.3. The van der Waals surface area contributed by atoms with Gasteiger partial charge in [0.1, 0.15) is 38.6 Å². The molecule has 0 saturated carbocycles. The first-order valence-corrected chi connectivity index (χ1v) is 16.0. The molecule has 190 valence electrons. The van der Waals surface area contributed by atoms with Crippen molar-refractivity contribution in [1.29, 1.82) is 0 Å². The smallest absolute Gasteiger partial charge is 0.340 e. The number of hydrogen-bond acceptors (Lipinski definition) is 4. The molecule has 0 radical (unpaired) electrons. The Morgan fingerprint density at radius 1 is 1.00 bits per heavy atom. The lowest BCUT2D eigenvalue weighted by molar-refractivity contribution is -0.504. The maximum Gasteiger partial charge on any atom is 0.340 e. The molecule has 8 heteroatoms. The second kappa shape index (κ2) is 8.73. The van der Waals surface area contributed by atoms with E-state index in [9.17, 15) is 19.8 Å². The van der Waals surface area contributed by atoms with Crippen LogP contribution in [0.5, 0.6) is 0 Å². The number of fused-ring (bicyclic) bond motifs is 2. The maximum atomic E-state index is 12.3. The van der Waals surface area contributed by atoms with Crippen LogP contribution in [-0.4, -0.2) is 66.7 Å². The van der Waals surface area contributed by atoms with E-state index >= 15 is 0 Å². The first-order valence-electron chi connectivity index (χ1n) is 13.0. The molecule has 7 nitrogen and oxygen atoms in total. The van der Waals surface area contributed by atoms with Gasteiger partial charge in [-0.1, -0.05) is 19.2 Å². The molecule has 0 spiro atoms. The zero-order valence-corrected chi connectivity index (χ0v) is 22.2. The van der Waals surface area contributed by atoms with Crippen LogP contribution in [0.4, 0.5) is 5.69 Å².